The van der Waals surface area contributed by atoms with Crippen LogP contribution in [0.2, 0.25) is 0 Å². The maximum atomic E-state index is 5.08. The molecular formula is C9H6BrN3S. The largest absolute Gasteiger partial charge is 0.330 e. The van der Waals surface area contributed by atoms with Crippen molar-refractivity contribution >= 4 is 28.1 Å². The van der Waals surface area contributed by atoms with Crippen molar-refractivity contribution in [3.8, 4) is 11.4 Å². The minimum atomic E-state index is 0.645. The van der Waals surface area contributed by atoms with Crippen LogP contribution in [0.4, 0.5) is 0 Å². The van der Waals surface area contributed by atoms with Gasteiger partial charge in [0.05, 0.1) is 4.47 Å². The van der Waals surface area contributed by atoms with E-state index >= 15 is 0 Å². The topological polar surface area (TPSA) is 41.6 Å². The maximum absolute atomic E-state index is 5.08. The number of aromatic nitrogens is 3. The summed E-state index contributed by atoms with van der Waals surface area (Å²) in [6.07, 6.45) is 5.13. The molecule has 3 nitrogen and oxygen atoms in total. The molecule has 0 aliphatic rings. The van der Waals surface area contributed by atoms with E-state index in [1.807, 2.05) is 12.1 Å². The molecule has 0 spiro atoms. The Bertz CT molecular complexity index is 495. The number of nitrogens with zero attached hydrogens (tertiary/aromatic N) is 2. The van der Waals surface area contributed by atoms with Crippen molar-refractivity contribution in [2.75, 3.05) is 0 Å². The van der Waals surface area contributed by atoms with Crippen LogP contribution in [0.15, 0.2) is 35.2 Å². The van der Waals surface area contributed by atoms with Gasteiger partial charge in [-0.25, -0.2) is 4.98 Å². The van der Waals surface area contributed by atoms with Crippen LogP contribution in [-0.2, 0) is 0 Å². The van der Waals surface area contributed by atoms with Crippen LogP contribution < -0.4 is 0 Å². The van der Waals surface area contributed by atoms with Gasteiger partial charge in [-0.15, -0.1) is 0 Å². The second-order valence-electron chi connectivity index (χ2n) is 2.64. The van der Waals surface area contributed by atoms with Gasteiger partial charge in [-0.05, 0) is 28.1 Å². The molecule has 70 valence electrons. The molecule has 0 aromatic carbocycles. The summed E-state index contributed by atoms with van der Waals surface area (Å²) in [5.41, 5.74) is 0.971. The van der Waals surface area contributed by atoms with Crippen molar-refractivity contribution in [3.63, 3.8) is 0 Å². The summed E-state index contributed by atoms with van der Waals surface area (Å²) in [4.78, 5) is 11.2. The first-order chi connectivity index (χ1) is 6.77. The van der Waals surface area contributed by atoms with Gasteiger partial charge in [0.2, 0.25) is 0 Å². The minimum Gasteiger partial charge on any atom is -0.330 e. The number of halogens is 1. The molecule has 0 saturated carbocycles. The van der Waals surface area contributed by atoms with Crippen molar-refractivity contribution in [3.05, 3.63) is 39.8 Å². The van der Waals surface area contributed by atoms with Gasteiger partial charge in [0.1, 0.15) is 10.5 Å². The second kappa shape index (κ2) is 3.98. The first kappa shape index (κ1) is 9.48. The third-order valence-corrected chi connectivity index (χ3v) is 2.90. The predicted molar refractivity (Wildman–Crippen MR) is 60.4 cm³/mol. The fraction of sp³-hybridized carbons (Fsp3) is 0. The molecule has 0 saturated heterocycles. The molecule has 0 unspecified atom stereocenters. The predicted octanol–water partition coefficient (Wildman–Crippen LogP) is 2.96. The van der Waals surface area contributed by atoms with E-state index < -0.39 is 0 Å². The van der Waals surface area contributed by atoms with Crippen molar-refractivity contribution in [2.45, 2.75) is 0 Å². The number of rotatable bonds is 1. The molecule has 0 aliphatic heterocycles. The molecular weight excluding hydrogens is 262 g/mol. The zero-order valence-corrected chi connectivity index (χ0v) is 9.47. The standard InChI is InChI=1S/C9H6BrN3S/c10-7-5-12-8(13-9(7)14)6-1-3-11-4-2-6/h1-5H,(H,12,13,14). The highest BCUT2D eigenvalue weighted by Gasteiger charge is 1.99. The molecule has 0 radical (unpaired) electrons. The van der Waals surface area contributed by atoms with Crippen molar-refractivity contribution in [1.29, 1.82) is 0 Å². The van der Waals surface area contributed by atoms with Gasteiger partial charge >= 0.3 is 0 Å². The molecule has 5 heteroatoms. The van der Waals surface area contributed by atoms with E-state index in [4.69, 9.17) is 12.2 Å². The molecule has 14 heavy (non-hydrogen) atoms. The zero-order valence-electron chi connectivity index (χ0n) is 7.07. The number of pyridine rings is 1. The van der Waals surface area contributed by atoms with Gasteiger partial charge < -0.3 is 4.98 Å². The third kappa shape index (κ3) is 1.88. The Morgan fingerprint density at radius 1 is 1.29 bits per heavy atom. The average molecular weight is 268 g/mol. The Morgan fingerprint density at radius 2 is 2.00 bits per heavy atom. The first-order valence-electron chi connectivity index (χ1n) is 3.92. The Balaban J connectivity index is 2.54. The summed E-state index contributed by atoms with van der Waals surface area (Å²) < 4.78 is 1.44. The third-order valence-electron chi connectivity index (χ3n) is 1.71. The van der Waals surface area contributed by atoms with E-state index in [2.05, 4.69) is 30.9 Å². The van der Waals surface area contributed by atoms with Crippen molar-refractivity contribution in [1.82, 2.24) is 15.0 Å². The molecule has 2 aromatic rings. The van der Waals surface area contributed by atoms with E-state index in [1.165, 1.54) is 0 Å². The Hall–Kier alpha value is -1.07. The molecule has 2 heterocycles. The number of hydrogen-bond donors (Lipinski definition) is 1. The summed E-state index contributed by atoms with van der Waals surface area (Å²) in [6.45, 7) is 0. The average Bonchev–Trinajstić information content (AvgIpc) is 2.23. The van der Waals surface area contributed by atoms with E-state index in [0.29, 0.717) is 4.64 Å². The summed E-state index contributed by atoms with van der Waals surface area (Å²) in [6, 6.07) is 3.75. The lowest BCUT2D eigenvalue weighted by Crippen LogP contribution is -1.89. The molecule has 1 N–H and O–H groups in total. The van der Waals surface area contributed by atoms with Crippen molar-refractivity contribution < 1.29 is 0 Å². The zero-order chi connectivity index (χ0) is 9.97. The maximum Gasteiger partial charge on any atom is 0.138 e. The quantitative estimate of drug-likeness (QED) is 0.808. The van der Waals surface area contributed by atoms with E-state index in [1.54, 1.807) is 18.6 Å². The molecule has 2 aromatic heterocycles. The van der Waals surface area contributed by atoms with Gasteiger partial charge in [-0.1, -0.05) is 12.2 Å². The van der Waals surface area contributed by atoms with Gasteiger partial charge in [-0.3, -0.25) is 4.98 Å². The van der Waals surface area contributed by atoms with Gasteiger partial charge in [-0.2, -0.15) is 0 Å². The smallest absolute Gasteiger partial charge is 0.138 e. The highest BCUT2D eigenvalue weighted by atomic mass is 79.9. The lowest BCUT2D eigenvalue weighted by atomic mass is 10.2. The van der Waals surface area contributed by atoms with Crippen LogP contribution in [0.25, 0.3) is 11.4 Å². The number of hydrogen-bond acceptors (Lipinski definition) is 3. The first-order valence-corrected chi connectivity index (χ1v) is 5.13. The highest BCUT2D eigenvalue weighted by molar-refractivity contribution is 9.10. The monoisotopic (exact) mass is 267 g/mol. The second-order valence-corrected chi connectivity index (χ2v) is 3.91. The summed E-state index contributed by atoms with van der Waals surface area (Å²) >= 11 is 8.37. The molecule has 0 atom stereocenters. The molecule has 0 aliphatic carbocycles. The van der Waals surface area contributed by atoms with Gasteiger partial charge in [0, 0.05) is 24.2 Å². The van der Waals surface area contributed by atoms with E-state index in [0.717, 1.165) is 15.9 Å². The number of nitrogens with one attached hydrogen (secondary N) is 1. The highest BCUT2D eigenvalue weighted by Crippen LogP contribution is 2.15. The summed E-state index contributed by atoms with van der Waals surface area (Å²) in [5.74, 6) is 0.751. The molecule has 2 rings (SSSR count). The van der Waals surface area contributed by atoms with Crippen LogP contribution in [0.1, 0.15) is 0 Å². The number of aromatic amines is 1. The lowest BCUT2D eigenvalue weighted by molar-refractivity contribution is 1.14. The van der Waals surface area contributed by atoms with Crippen molar-refractivity contribution in [2.24, 2.45) is 0 Å². The molecule has 0 bridgehead atoms. The van der Waals surface area contributed by atoms with Crippen LogP contribution >= 0.6 is 28.1 Å². The minimum absolute atomic E-state index is 0.645. The normalized spacial score (nSPS) is 10.1. The van der Waals surface area contributed by atoms with Gasteiger partial charge in [0.15, 0.2) is 0 Å². The van der Waals surface area contributed by atoms with Crippen LogP contribution in [0, 0.1) is 4.64 Å². The SMILES string of the molecule is S=c1[nH]c(-c2ccncc2)ncc1Br. The van der Waals surface area contributed by atoms with E-state index in [-0.39, 0.29) is 0 Å². The van der Waals surface area contributed by atoms with Crippen LogP contribution in [0.3, 0.4) is 0 Å². The lowest BCUT2D eigenvalue weighted by Gasteiger charge is -2.00. The van der Waals surface area contributed by atoms with Gasteiger partial charge in [0.25, 0.3) is 0 Å². The molecule has 0 fully saturated rings. The molecule has 0 amide bonds. The van der Waals surface area contributed by atoms with Crippen LogP contribution in [0.5, 0.6) is 0 Å². The van der Waals surface area contributed by atoms with E-state index in [9.17, 15) is 0 Å². The summed E-state index contributed by atoms with van der Waals surface area (Å²) in [5, 5.41) is 0. The Kier molecular flexibility index (Phi) is 2.69. The Morgan fingerprint density at radius 3 is 2.64 bits per heavy atom. The Labute approximate surface area is 94.4 Å². The van der Waals surface area contributed by atoms with Crippen LogP contribution in [-0.4, -0.2) is 15.0 Å². The fourth-order valence-electron chi connectivity index (χ4n) is 1.04. The fourth-order valence-corrected chi connectivity index (χ4v) is 1.39. The summed E-state index contributed by atoms with van der Waals surface area (Å²) in [7, 11) is 0. The number of H-pyrrole nitrogens is 1.